The molecule has 0 unspecified atom stereocenters. The molecular weight excluding hydrogens is 456 g/mol. The molecule has 37 heavy (non-hydrogen) atoms. The zero-order valence-electron chi connectivity index (χ0n) is 22.9. The highest BCUT2D eigenvalue weighted by molar-refractivity contribution is 6.11. The molecule has 5 heteroatoms. The third kappa shape index (κ3) is 7.31. The summed E-state index contributed by atoms with van der Waals surface area (Å²) in [5.74, 6) is 0.0334. The van der Waals surface area contributed by atoms with E-state index in [0.29, 0.717) is 0 Å². The molecule has 3 aromatic carbocycles. The number of nitrogens with one attached hydrogen (secondary N) is 1. The molecule has 194 valence electrons. The van der Waals surface area contributed by atoms with E-state index in [1.54, 1.807) is 6.08 Å². The SMILES string of the molecule is Cc1cc(C)cc(-c2ccc(N3CCN(C)CC3)c(C(=O)C=Cc3cccc(NCCN(C)C)c3)c2)c1. The monoisotopic (exact) mass is 496 g/mol. The molecule has 0 amide bonds. The molecule has 0 spiro atoms. The predicted octanol–water partition coefficient (Wildman–Crippen LogP) is 5.59. The van der Waals surface area contributed by atoms with Crippen molar-refractivity contribution in [1.29, 1.82) is 0 Å². The molecule has 4 rings (SSSR count). The van der Waals surface area contributed by atoms with Crippen LogP contribution < -0.4 is 10.2 Å². The van der Waals surface area contributed by atoms with Gasteiger partial charge in [0.1, 0.15) is 0 Å². The Morgan fingerprint density at radius 2 is 1.65 bits per heavy atom. The molecule has 1 aliphatic heterocycles. The topological polar surface area (TPSA) is 38.8 Å². The van der Waals surface area contributed by atoms with Gasteiger partial charge in [-0.1, -0.05) is 53.6 Å². The van der Waals surface area contributed by atoms with Crippen LogP contribution in [0.3, 0.4) is 0 Å². The average Bonchev–Trinajstić information content (AvgIpc) is 2.87. The van der Waals surface area contributed by atoms with E-state index in [4.69, 9.17) is 0 Å². The zero-order chi connectivity index (χ0) is 26.4. The maximum Gasteiger partial charge on any atom is 0.187 e. The van der Waals surface area contributed by atoms with Gasteiger partial charge in [-0.25, -0.2) is 0 Å². The molecule has 0 saturated carbocycles. The fourth-order valence-corrected chi connectivity index (χ4v) is 4.82. The number of hydrogen-bond donors (Lipinski definition) is 1. The van der Waals surface area contributed by atoms with Gasteiger partial charge in [-0.3, -0.25) is 4.79 Å². The van der Waals surface area contributed by atoms with E-state index in [9.17, 15) is 4.79 Å². The number of aryl methyl sites for hydroxylation is 2. The van der Waals surface area contributed by atoms with Gasteiger partial charge in [0.25, 0.3) is 0 Å². The van der Waals surface area contributed by atoms with Crippen LogP contribution in [0, 0.1) is 13.8 Å². The van der Waals surface area contributed by atoms with Gasteiger partial charge >= 0.3 is 0 Å². The number of anilines is 2. The van der Waals surface area contributed by atoms with E-state index in [-0.39, 0.29) is 5.78 Å². The van der Waals surface area contributed by atoms with Crippen molar-refractivity contribution in [3.05, 3.63) is 89.0 Å². The van der Waals surface area contributed by atoms with Crippen LogP contribution in [0.15, 0.2) is 66.7 Å². The van der Waals surface area contributed by atoms with Crippen LogP contribution >= 0.6 is 0 Å². The van der Waals surface area contributed by atoms with Gasteiger partial charge in [-0.05, 0) is 82.0 Å². The molecule has 0 radical (unpaired) electrons. The summed E-state index contributed by atoms with van der Waals surface area (Å²) >= 11 is 0. The molecule has 0 aliphatic carbocycles. The largest absolute Gasteiger partial charge is 0.384 e. The Balaban J connectivity index is 1.62. The summed E-state index contributed by atoms with van der Waals surface area (Å²) in [7, 11) is 6.29. The first-order valence-corrected chi connectivity index (χ1v) is 13.2. The van der Waals surface area contributed by atoms with Crippen molar-refractivity contribution in [2.24, 2.45) is 0 Å². The molecule has 5 nitrogen and oxygen atoms in total. The molecule has 1 saturated heterocycles. The molecule has 0 aromatic heterocycles. The minimum atomic E-state index is 0.0334. The Hall–Kier alpha value is -3.41. The molecule has 3 aromatic rings. The number of carbonyl (C=O) groups is 1. The number of rotatable bonds is 9. The van der Waals surface area contributed by atoms with Crippen LogP contribution in [0.25, 0.3) is 17.2 Å². The van der Waals surface area contributed by atoms with Gasteiger partial charge in [-0.2, -0.15) is 0 Å². The average molecular weight is 497 g/mol. The summed E-state index contributed by atoms with van der Waals surface area (Å²) in [5.41, 5.74) is 8.54. The normalized spacial score (nSPS) is 14.5. The van der Waals surface area contributed by atoms with Crippen LogP contribution in [0.1, 0.15) is 27.0 Å². The molecule has 1 N–H and O–H groups in total. The van der Waals surface area contributed by atoms with Gasteiger partial charge in [0.15, 0.2) is 5.78 Å². The minimum absolute atomic E-state index is 0.0334. The van der Waals surface area contributed by atoms with E-state index in [2.05, 4.69) is 104 Å². The van der Waals surface area contributed by atoms with Crippen LogP contribution in [0.5, 0.6) is 0 Å². The molecule has 0 atom stereocenters. The second kappa shape index (κ2) is 12.2. The van der Waals surface area contributed by atoms with Crippen LogP contribution in [0.2, 0.25) is 0 Å². The molecule has 1 fully saturated rings. The lowest BCUT2D eigenvalue weighted by atomic mass is 9.96. The number of ketones is 1. The highest BCUT2D eigenvalue weighted by Gasteiger charge is 2.20. The van der Waals surface area contributed by atoms with E-state index in [0.717, 1.165) is 72.9 Å². The first-order chi connectivity index (χ1) is 17.8. The predicted molar refractivity (Wildman–Crippen MR) is 158 cm³/mol. The Labute approximate surface area is 222 Å². The standard InChI is InChI=1S/C32H40N4O/c1-24-19-25(2)21-28(20-24)27-10-11-31(36-17-15-35(5)16-18-36)30(23-27)32(37)12-9-26-7-6-8-29(22-26)33-13-14-34(3)4/h6-12,19-23,33H,13-18H2,1-5H3. The lowest BCUT2D eigenvalue weighted by molar-refractivity contribution is 0.104. The Morgan fingerprint density at radius 3 is 2.35 bits per heavy atom. The number of allylic oxidation sites excluding steroid dienone is 1. The quantitative estimate of drug-likeness (QED) is 0.309. The molecular formula is C32H40N4O. The van der Waals surface area contributed by atoms with Crippen LogP contribution in [0.4, 0.5) is 11.4 Å². The molecule has 1 aliphatic rings. The van der Waals surface area contributed by atoms with Gasteiger partial charge in [0.05, 0.1) is 0 Å². The lowest BCUT2D eigenvalue weighted by Gasteiger charge is -2.35. The van der Waals surface area contributed by atoms with Crippen molar-refractivity contribution < 1.29 is 4.79 Å². The maximum absolute atomic E-state index is 13.7. The number of benzene rings is 3. The highest BCUT2D eigenvalue weighted by Crippen LogP contribution is 2.30. The maximum atomic E-state index is 13.7. The number of likely N-dealkylation sites (N-methyl/N-ethyl adjacent to an activating group) is 2. The highest BCUT2D eigenvalue weighted by atomic mass is 16.1. The molecule has 0 bridgehead atoms. The van der Waals surface area contributed by atoms with Crippen LogP contribution in [-0.4, -0.2) is 76.0 Å². The molecule has 1 heterocycles. The summed E-state index contributed by atoms with van der Waals surface area (Å²) in [6, 6.07) is 21.1. The summed E-state index contributed by atoms with van der Waals surface area (Å²) in [5, 5.41) is 3.45. The third-order valence-corrected chi connectivity index (χ3v) is 6.86. The van der Waals surface area contributed by atoms with Gasteiger partial charge in [0, 0.05) is 56.2 Å². The van der Waals surface area contributed by atoms with E-state index in [1.165, 1.54) is 11.1 Å². The second-order valence-corrected chi connectivity index (χ2v) is 10.5. The summed E-state index contributed by atoms with van der Waals surface area (Å²) in [4.78, 5) is 20.5. The van der Waals surface area contributed by atoms with Crippen molar-refractivity contribution in [1.82, 2.24) is 9.80 Å². The van der Waals surface area contributed by atoms with E-state index >= 15 is 0 Å². The number of hydrogen-bond acceptors (Lipinski definition) is 5. The number of piperazine rings is 1. The first-order valence-electron chi connectivity index (χ1n) is 13.2. The Morgan fingerprint density at radius 1 is 0.919 bits per heavy atom. The summed E-state index contributed by atoms with van der Waals surface area (Å²) in [6.07, 6.45) is 3.65. The van der Waals surface area contributed by atoms with Crippen molar-refractivity contribution in [2.75, 3.05) is 70.6 Å². The smallest absolute Gasteiger partial charge is 0.187 e. The van der Waals surface area contributed by atoms with E-state index in [1.807, 2.05) is 18.2 Å². The summed E-state index contributed by atoms with van der Waals surface area (Å²) < 4.78 is 0. The summed E-state index contributed by atoms with van der Waals surface area (Å²) in [6.45, 7) is 9.91. The fraction of sp³-hybridized carbons (Fsp3) is 0.344. The zero-order valence-corrected chi connectivity index (χ0v) is 22.9. The van der Waals surface area contributed by atoms with E-state index < -0.39 is 0 Å². The van der Waals surface area contributed by atoms with Crippen molar-refractivity contribution in [2.45, 2.75) is 13.8 Å². The van der Waals surface area contributed by atoms with Gasteiger partial charge < -0.3 is 20.0 Å². The van der Waals surface area contributed by atoms with Crippen molar-refractivity contribution in [3.63, 3.8) is 0 Å². The second-order valence-electron chi connectivity index (χ2n) is 10.5. The van der Waals surface area contributed by atoms with Crippen molar-refractivity contribution >= 4 is 23.2 Å². The lowest BCUT2D eigenvalue weighted by Crippen LogP contribution is -2.45. The number of carbonyl (C=O) groups excluding carboxylic acids is 1. The van der Waals surface area contributed by atoms with Gasteiger partial charge in [0.2, 0.25) is 0 Å². The van der Waals surface area contributed by atoms with Gasteiger partial charge in [-0.15, -0.1) is 0 Å². The Bertz CT molecular complexity index is 1240. The number of nitrogens with zero attached hydrogens (tertiary/aromatic N) is 3. The van der Waals surface area contributed by atoms with Crippen LogP contribution in [-0.2, 0) is 0 Å². The Kier molecular flexibility index (Phi) is 8.80. The fourth-order valence-electron chi connectivity index (χ4n) is 4.82. The minimum Gasteiger partial charge on any atom is -0.384 e. The third-order valence-electron chi connectivity index (χ3n) is 6.86. The van der Waals surface area contributed by atoms with Crippen molar-refractivity contribution in [3.8, 4) is 11.1 Å². The first kappa shape index (κ1) is 26.6.